The van der Waals surface area contributed by atoms with Crippen LogP contribution in [0.3, 0.4) is 0 Å². The second-order valence-corrected chi connectivity index (χ2v) is 8.70. The first-order chi connectivity index (χ1) is 14.0. The van der Waals surface area contributed by atoms with E-state index < -0.39 is 10.0 Å². The minimum atomic E-state index is -3.72. The Morgan fingerprint density at radius 3 is 2.55 bits per heavy atom. The molecule has 0 radical (unpaired) electrons. The fraction of sp³-hybridized carbons (Fsp3) is 0.350. The number of hydrogen-bond acceptors (Lipinski definition) is 6. The highest BCUT2D eigenvalue weighted by atomic mass is 32.2. The van der Waals surface area contributed by atoms with Gasteiger partial charge >= 0.3 is 0 Å². The topological polar surface area (TPSA) is 94.2 Å². The lowest BCUT2D eigenvalue weighted by Gasteiger charge is -2.19. The fourth-order valence-corrected chi connectivity index (χ4v) is 4.56. The molecule has 1 amide bonds. The number of hydrogen-bond donors (Lipinski definition) is 1. The molecular formula is C20H22N2O6S. The molecule has 0 saturated carbocycles. The molecule has 0 spiro atoms. The van der Waals surface area contributed by atoms with Crippen LogP contribution in [0.1, 0.15) is 6.42 Å². The van der Waals surface area contributed by atoms with Gasteiger partial charge in [-0.25, -0.2) is 13.1 Å². The predicted octanol–water partition coefficient (Wildman–Crippen LogP) is 1.80. The quantitative estimate of drug-likeness (QED) is 0.769. The summed E-state index contributed by atoms with van der Waals surface area (Å²) in [7, 11) is -2.14. The Morgan fingerprint density at radius 2 is 1.83 bits per heavy atom. The molecule has 4 rings (SSSR count). The summed E-state index contributed by atoms with van der Waals surface area (Å²) in [4.78, 5) is 14.2. The fourth-order valence-electron chi connectivity index (χ4n) is 3.43. The number of nitrogens with one attached hydrogen (secondary N) is 1. The number of ether oxygens (including phenoxy) is 3. The molecule has 154 valence electrons. The number of carbonyl (C=O) groups excluding carboxylic acids is 1. The van der Waals surface area contributed by atoms with Gasteiger partial charge in [0.15, 0.2) is 11.5 Å². The average Bonchev–Trinajstić information content (AvgIpc) is 3.12. The minimum Gasteiger partial charge on any atom is -0.497 e. The van der Waals surface area contributed by atoms with Gasteiger partial charge in [-0.1, -0.05) is 0 Å². The Morgan fingerprint density at radius 1 is 1.10 bits per heavy atom. The van der Waals surface area contributed by atoms with Crippen LogP contribution in [0, 0.1) is 5.92 Å². The van der Waals surface area contributed by atoms with Crippen molar-refractivity contribution in [2.45, 2.75) is 11.3 Å². The van der Waals surface area contributed by atoms with Crippen LogP contribution >= 0.6 is 0 Å². The molecule has 2 aliphatic rings. The van der Waals surface area contributed by atoms with E-state index in [0.717, 1.165) is 5.69 Å². The summed E-state index contributed by atoms with van der Waals surface area (Å²) in [5.74, 6) is 1.52. The average molecular weight is 418 g/mol. The van der Waals surface area contributed by atoms with E-state index in [1.165, 1.54) is 12.1 Å². The van der Waals surface area contributed by atoms with Crippen molar-refractivity contribution in [3.8, 4) is 17.2 Å². The van der Waals surface area contributed by atoms with Crippen LogP contribution in [-0.4, -0.2) is 47.7 Å². The summed E-state index contributed by atoms with van der Waals surface area (Å²) in [5, 5.41) is 0. The van der Waals surface area contributed by atoms with Gasteiger partial charge in [0.25, 0.3) is 0 Å². The molecule has 0 bridgehead atoms. The van der Waals surface area contributed by atoms with Crippen LogP contribution in [0.2, 0.25) is 0 Å². The molecule has 9 heteroatoms. The zero-order valence-corrected chi connectivity index (χ0v) is 16.8. The molecule has 1 N–H and O–H groups in total. The maximum atomic E-state index is 12.7. The van der Waals surface area contributed by atoms with Gasteiger partial charge in [-0.15, -0.1) is 0 Å². The molecule has 8 nitrogen and oxygen atoms in total. The Bertz CT molecular complexity index is 1010. The van der Waals surface area contributed by atoms with E-state index in [1.54, 1.807) is 30.2 Å². The van der Waals surface area contributed by atoms with Crippen molar-refractivity contribution < 1.29 is 27.4 Å². The third kappa shape index (κ3) is 4.15. The monoisotopic (exact) mass is 418 g/mol. The Labute approximate surface area is 169 Å². The number of carbonyl (C=O) groups is 1. The number of nitrogens with zero attached hydrogens (tertiary/aromatic N) is 1. The Balaban J connectivity index is 1.40. The largest absolute Gasteiger partial charge is 0.497 e. The first-order valence-electron chi connectivity index (χ1n) is 9.30. The van der Waals surface area contributed by atoms with E-state index in [-0.39, 0.29) is 29.7 Å². The third-order valence-corrected chi connectivity index (χ3v) is 6.40. The third-order valence-electron chi connectivity index (χ3n) is 4.98. The molecule has 0 aromatic heterocycles. The lowest BCUT2D eigenvalue weighted by Crippen LogP contribution is -2.31. The van der Waals surface area contributed by atoms with Crippen molar-refractivity contribution in [1.29, 1.82) is 0 Å². The first kappa shape index (κ1) is 19.5. The van der Waals surface area contributed by atoms with Gasteiger partial charge in [0.1, 0.15) is 19.0 Å². The van der Waals surface area contributed by atoms with Crippen LogP contribution in [-0.2, 0) is 14.8 Å². The molecular weight excluding hydrogens is 396 g/mol. The molecule has 1 fully saturated rings. The maximum absolute atomic E-state index is 12.7. The summed E-state index contributed by atoms with van der Waals surface area (Å²) < 4.78 is 43.9. The summed E-state index contributed by atoms with van der Waals surface area (Å²) >= 11 is 0. The number of amides is 1. The molecule has 1 unspecified atom stereocenters. The number of rotatable bonds is 6. The van der Waals surface area contributed by atoms with Crippen molar-refractivity contribution in [1.82, 2.24) is 4.72 Å². The van der Waals surface area contributed by atoms with Crippen molar-refractivity contribution in [3.05, 3.63) is 42.5 Å². The molecule has 1 atom stereocenters. The highest BCUT2D eigenvalue weighted by molar-refractivity contribution is 7.89. The van der Waals surface area contributed by atoms with Crippen molar-refractivity contribution >= 4 is 21.6 Å². The molecule has 2 aromatic carbocycles. The number of fused-ring (bicyclic) bond motifs is 1. The molecule has 0 aliphatic carbocycles. The zero-order chi connectivity index (χ0) is 20.4. The van der Waals surface area contributed by atoms with E-state index in [1.807, 2.05) is 12.1 Å². The molecule has 1 saturated heterocycles. The number of anilines is 1. The zero-order valence-electron chi connectivity index (χ0n) is 16.0. The van der Waals surface area contributed by atoms with Crippen molar-refractivity contribution in [2.24, 2.45) is 5.92 Å². The molecule has 2 heterocycles. The van der Waals surface area contributed by atoms with Gasteiger partial charge in [-0.3, -0.25) is 4.79 Å². The van der Waals surface area contributed by atoms with Gasteiger partial charge in [-0.05, 0) is 42.3 Å². The smallest absolute Gasteiger partial charge is 0.240 e. The lowest BCUT2D eigenvalue weighted by atomic mass is 10.1. The van der Waals surface area contributed by atoms with Crippen LogP contribution in [0.25, 0.3) is 0 Å². The number of benzene rings is 2. The van der Waals surface area contributed by atoms with Gasteiger partial charge < -0.3 is 19.1 Å². The van der Waals surface area contributed by atoms with E-state index in [2.05, 4.69) is 4.72 Å². The minimum absolute atomic E-state index is 0.0290. The van der Waals surface area contributed by atoms with Crippen LogP contribution < -0.4 is 23.8 Å². The summed E-state index contributed by atoms with van der Waals surface area (Å²) in [6.45, 7) is 1.46. The van der Waals surface area contributed by atoms with Gasteiger partial charge in [0, 0.05) is 31.3 Å². The van der Waals surface area contributed by atoms with Crippen LogP contribution in [0.4, 0.5) is 5.69 Å². The Kier molecular flexibility index (Phi) is 5.33. The number of sulfonamides is 1. The number of methoxy groups -OCH3 is 1. The molecule has 2 aliphatic heterocycles. The molecule has 29 heavy (non-hydrogen) atoms. The maximum Gasteiger partial charge on any atom is 0.240 e. The van der Waals surface area contributed by atoms with E-state index in [0.29, 0.717) is 37.0 Å². The second kappa shape index (κ2) is 7.92. The lowest BCUT2D eigenvalue weighted by molar-refractivity contribution is -0.117. The Hall–Kier alpha value is -2.78. The van der Waals surface area contributed by atoms with Gasteiger partial charge in [0.2, 0.25) is 15.9 Å². The predicted molar refractivity (Wildman–Crippen MR) is 106 cm³/mol. The van der Waals surface area contributed by atoms with Crippen molar-refractivity contribution in [3.63, 3.8) is 0 Å². The van der Waals surface area contributed by atoms with E-state index in [9.17, 15) is 13.2 Å². The SMILES string of the molecule is COc1ccc(N2CC(CNS(=O)(=O)c3ccc4c(c3)OCCO4)CC2=O)cc1. The normalized spacial score (nSPS) is 18.7. The summed E-state index contributed by atoms with van der Waals surface area (Å²) in [6.07, 6.45) is 0.287. The highest BCUT2D eigenvalue weighted by Crippen LogP contribution is 2.32. The molecule has 2 aromatic rings. The van der Waals surface area contributed by atoms with Crippen LogP contribution in [0.15, 0.2) is 47.4 Å². The van der Waals surface area contributed by atoms with Crippen molar-refractivity contribution in [2.75, 3.05) is 38.3 Å². The van der Waals surface area contributed by atoms with E-state index >= 15 is 0 Å². The summed E-state index contributed by atoms with van der Waals surface area (Å²) in [5.41, 5.74) is 0.771. The summed E-state index contributed by atoms with van der Waals surface area (Å²) in [6, 6.07) is 11.8. The van der Waals surface area contributed by atoms with Gasteiger partial charge in [0.05, 0.1) is 12.0 Å². The highest BCUT2D eigenvalue weighted by Gasteiger charge is 2.31. The van der Waals surface area contributed by atoms with Gasteiger partial charge in [-0.2, -0.15) is 0 Å². The first-order valence-corrected chi connectivity index (χ1v) is 10.8. The standard InChI is InChI=1S/C20H22N2O6S/c1-26-16-4-2-15(3-5-16)22-13-14(10-20(22)23)12-21-29(24,25)17-6-7-18-19(11-17)28-9-8-27-18/h2-7,11,14,21H,8-10,12-13H2,1H3. The van der Waals surface area contributed by atoms with Crippen LogP contribution in [0.5, 0.6) is 17.2 Å². The second-order valence-electron chi connectivity index (χ2n) is 6.93. The van der Waals surface area contributed by atoms with E-state index in [4.69, 9.17) is 14.2 Å².